The van der Waals surface area contributed by atoms with Gasteiger partial charge in [0.1, 0.15) is 19.8 Å². The molecule has 4 heteroatoms. The maximum atomic E-state index is 5.78. The molecule has 0 amide bonds. The predicted octanol–water partition coefficient (Wildman–Crippen LogP) is 7.83. The van der Waals surface area contributed by atoms with Crippen molar-refractivity contribution in [2.45, 2.75) is 57.8 Å². The summed E-state index contributed by atoms with van der Waals surface area (Å²) < 4.78 is 18.5. The van der Waals surface area contributed by atoms with Gasteiger partial charge in [-0.2, -0.15) is 0 Å². The molecule has 4 rings (SSSR count). The van der Waals surface area contributed by atoms with Crippen LogP contribution in [0.2, 0.25) is 0 Å². The van der Waals surface area contributed by atoms with E-state index in [0.29, 0.717) is 19.8 Å². The standard InChI is InChI=1S/C30H35BrO3/c31-26-22-24(10-7-15-27-12-1-4-19-32-27)30(18-9-17-29-14-3-6-21-34-29)25(23-26)11-8-16-28-13-2-5-20-33-28/h1-6,12-14,22-23H,7-11,15-21H2. The van der Waals surface area contributed by atoms with E-state index in [4.69, 9.17) is 14.2 Å². The van der Waals surface area contributed by atoms with Crippen LogP contribution >= 0.6 is 15.9 Å². The summed E-state index contributed by atoms with van der Waals surface area (Å²) in [6.07, 6.45) is 28.2. The zero-order valence-electron chi connectivity index (χ0n) is 19.9. The number of ether oxygens (including phenoxy) is 3. The fourth-order valence-electron chi connectivity index (χ4n) is 4.64. The zero-order valence-corrected chi connectivity index (χ0v) is 21.5. The third-order valence-corrected chi connectivity index (χ3v) is 6.80. The molecule has 0 aliphatic carbocycles. The van der Waals surface area contributed by atoms with Crippen molar-refractivity contribution in [2.24, 2.45) is 0 Å². The lowest BCUT2D eigenvalue weighted by Gasteiger charge is -2.18. The van der Waals surface area contributed by atoms with Crippen LogP contribution in [0, 0.1) is 0 Å². The number of rotatable bonds is 12. The summed E-state index contributed by atoms with van der Waals surface area (Å²) in [6, 6.07) is 4.65. The Morgan fingerprint density at radius 2 is 0.971 bits per heavy atom. The van der Waals surface area contributed by atoms with Gasteiger partial charge in [-0.1, -0.05) is 34.2 Å². The van der Waals surface area contributed by atoms with Crippen molar-refractivity contribution >= 4 is 15.9 Å². The lowest BCUT2D eigenvalue weighted by Crippen LogP contribution is -2.05. The highest BCUT2D eigenvalue weighted by Crippen LogP contribution is 2.28. The minimum atomic E-state index is 0.695. The molecule has 0 aromatic heterocycles. The zero-order chi connectivity index (χ0) is 23.4. The first-order chi connectivity index (χ1) is 16.8. The van der Waals surface area contributed by atoms with Crippen LogP contribution in [0.4, 0.5) is 0 Å². The molecule has 0 fully saturated rings. The molecule has 0 spiro atoms. The topological polar surface area (TPSA) is 27.7 Å². The fourth-order valence-corrected chi connectivity index (χ4v) is 5.19. The van der Waals surface area contributed by atoms with Gasteiger partial charge in [0.2, 0.25) is 0 Å². The molecule has 0 unspecified atom stereocenters. The van der Waals surface area contributed by atoms with Gasteiger partial charge in [0.25, 0.3) is 0 Å². The molecule has 0 saturated carbocycles. The molecule has 0 bridgehead atoms. The maximum absolute atomic E-state index is 5.78. The highest BCUT2D eigenvalue weighted by atomic mass is 79.9. The van der Waals surface area contributed by atoms with Gasteiger partial charge in [-0.15, -0.1) is 0 Å². The van der Waals surface area contributed by atoms with E-state index in [1.54, 1.807) is 0 Å². The number of halogens is 1. The molecule has 3 nitrogen and oxygen atoms in total. The van der Waals surface area contributed by atoms with Crippen LogP contribution in [0.25, 0.3) is 0 Å². The van der Waals surface area contributed by atoms with Crippen molar-refractivity contribution in [3.05, 3.63) is 105 Å². The van der Waals surface area contributed by atoms with Crippen molar-refractivity contribution < 1.29 is 14.2 Å². The van der Waals surface area contributed by atoms with E-state index in [-0.39, 0.29) is 0 Å². The smallest absolute Gasteiger partial charge is 0.106 e. The molecule has 0 saturated heterocycles. The number of hydrogen-bond acceptors (Lipinski definition) is 3. The average molecular weight is 524 g/mol. The number of allylic oxidation sites excluding steroid dienone is 9. The summed E-state index contributed by atoms with van der Waals surface area (Å²) in [5, 5.41) is 0. The van der Waals surface area contributed by atoms with E-state index in [1.807, 2.05) is 12.2 Å². The van der Waals surface area contributed by atoms with Crippen molar-refractivity contribution in [1.82, 2.24) is 0 Å². The van der Waals surface area contributed by atoms with E-state index in [1.165, 1.54) is 21.2 Å². The van der Waals surface area contributed by atoms with Gasteiger partial charge in [0.15, 0.2) is 0 Å². The van der Waals surface area contributed by atoms with Crippen LogP contribution in [0.15, 0.2) is 88.6 Å². The molecular formula is C30H35BrO3. The summed E-state index contributed by atoms with van der Waals surface area (Å²) in [7, 11) is 0. The normalized spacial score (nSPS) is 16.8. The van der Waals surface area contributed by atoms with Crippen LogP contribution in [0.1, 0.15) is 55.2 Å². The van der Waals surface area contributed by atoms with Crippen LogP contribution in [-0.2, 0) is 33.5 Å². The fraction of sp³-hybridized carbons (Fsp3) is 0.400. The first kappa shape index (κ1) is 24.7. The Hall–Kier alpha value is -2.46. The molecule has 3 heterocycles. The Labute approximate surface area is 212 Å². The van der Waals surface area contributed by atoms with Crippen LogP contribution in [0.3, 0.4) is 0 Å². The van der Waals surface area contributed by atoms with Gasteiger partial charge in [0, 0.05) is 23.7 Å². The van der Waals surface area contributed by atoms with E-state index < -0.39 is 0 Å². The lowest BCUT2D eigenvalue weighted by atomic mass is 9.90. The summed E-state index contributed by atoms with van der Waals surface area (Å²) >= 11 is 3.79. The molecule has 1 aromatic carbocycles. The Balaban J connectivity index is 1.42. The van der Waals surface area contributed by atoms with Crippen LogP contribution in [-0.4, -0.2) is 19.8 Å². The molecule has 0 radical (unpaired) electrons. The van der Waals surface area contributed by atoms with Gasteiger partial charge < -0.3 is 14.2 Å². The van der Waals surface area contributed by atoms with Gasteiger partial charge in [0.05, 0.1) is 17.3 Å². The highest BCUT2D eigenvalue weighted by Gasteiger charge is 2.13. The van der Waals surface area contributed by atoms with Gasteiger partial charge in [-0.25, -0.2) is 0 Å². The molecule has 34 heavy (non-hydrogen) atoms. The van der Waals surface area contributed by atoms with Gasteiger partial charge in [-0.3, -0.25) is 0 Å². The monoisotopic (exact) mass is 522 g/mol. The van der Waals surface area contributed by atoms with Crippen molar-refractivity contribution in [2.75, 3.05) is 19.8 Å². The highest BCUT2D eigenvalue weighted by molar-refractivity contribution is 9.10. The molecule has 3 aliphatic rings. The second-order valence-corrected chi connectivity index (χ2v) is 9.80. The van der Waals surface area contributed by atoms with Crippen LogP contribution in [0.5, 0.6) is 0 Å². The van der Waals surface area contributed by atoms with Gasteiger partial charge >= 0.3 is 0 Å². The number of aryl methyl sites for hydroxylation is 2. The molecular weight excluding hydrogens is 488 g/mol. The van der Waals surface area contributed by atoms with Crippen LogP contribution < -0.4 is 0 Å². The van der Waals surface area contributed by atoms with Crippen molar-refractivity contribution in [3.63, 3.8) is 0 Å². The molecule has 0 atom stereocenters. The number of hydrogen-bond donors (Lipinski definition) is 0. The second kappa shape index (κ2) is 13.4. The summed E-state index contributed by atoms with van der Waals surface area (Å²) in [4.78, 5) is 0. The minimum absolute atomic E-state index is 0.695. The van der Waals surface area contributed by atoms with E-state index >= 15 is 0 Å². The second-order valence-electron chi connectivity index (χ2n) is 8.88. The quantitative estimate of drug-likeness (QED) is 0.280. The summed E-state index contributed by atoms with van der Waals surface area (Å²) in [6.45, 7) is 2.09. The number of benzene rings is 1. The van der Waals surface area contributed by atoms with Gasteiger partial charge in [-0.05, 0) is 104 Å². The third kappa shape index (κ3) is 7.80. The largest absolute Gasteiger partial charge is 0.494 e. The molecule has 180 valence electrons. The Kier molecular flexibility index (Phi) is 9.74. The van der Waals surface area contributed by atoms with E-state index in [9.17, 15) is 0 Å². The maximum Gasteiger partial charge on any atom is 0.106 e. The predicted molar refractivity (Wildman–Crippen MR) is 142 cm³/mol. The van der Waals surface area contributed by atoms with Crippen molar-refractivity contribution in [1.29, 1.82) is 0 Å². The van der Waals surface area contributed by atoms with E-state index in [0.717, 1.165) is 75.1 Å². The third-order valence-electron chi connectivity index (χ3n) is 6.34. The lowest BCUT2D eigenvalue weighted by molar-refractivity contribution is 0.229. The Morgan fingerprint density at radius 1 is 0.559 bits per heavy atom. The SMILES string of the molecule is Brc1cc(CCCC2=CC=CCO2)c(CCCC2=CC=CCO2)c(CCCC2=CC=CCO2)c1. The first-order valence-electron chi connectivity index (χ1n) is 12.5. The van der Waals surface area contributed by atoms with E-state index in [2.05, 4.69) is 70.6 Å². The van der Waals surface area contributed by atoms with Crippen molar-refractivity contribution in [3.8, 4) is 0 Å². The minimum Gasteiger partial charge on any atom is -0.494 e. The molecule has 3 aliphatic heterocycles. The molecule has 0 N–H and O–H groups in total. The summed E-state index contributed by atoms with van der Waals surface area (Å²) in [5.74, 6) is 3.30. The molecule has 1 aromatic rings. The Bertz CT molecular complexity index is 951. The average Bonchev–Trinajstić information content (AvgIpc) is 2.87. The Morgan fingerprint density at radius 3 is 1.35 bits per heavy atom. The first-order valence-corrected chi connectivity index (χ1v) is 13.3. The summed E-state index contributed by atoms with van der Waals surface area (Å²) in [5.41, 5.74) is 4.45.